The summed E-state index contributed by atoms with van der Waals surface area (Å²) >= 11 is 0. The van der Waals surface area contributed by atoms with Gasteiger partial charge in [0.05, 0.1) is 16.9 Å². The summed E-state index contributed by atoms with van der Waals surface area (Å²) in [6.07, 6.45) is 9.15. The van der Waals surface area contributed by atoms with Crippen molar-refractivity contribution in [2.45, 2.75) is 22.8 Å². The van der Waals surface area contributed by atoms with E-state index in [4.69, 9.17) is 0 Å². The van der Waals surface area contributed by atoms with E-state index in [0.717, 1.165) is 11.4 Å². The summed E-state index contributed by atoms with van der Waals surface area (Å²) < 4.78 is 0. The molecule has 1 heteroatoms. The Labute approximate surface area is 404 Å². The van der Waals surface area contributed by atoms with Gasteiger partial charge in [-0.25, -0.2) is 0 Å². The van der Waals surface area contributed by atoms with E-state index in [1.807, 2.05) is 0 Å². The van der Waals surface area contributed by atoms with Crippen molar-refractivity contribution < 1.29 is 0 Å². The van der Waals surface area contributed by atoms with Crippen LogP contribution in [0.2, 0.25) is 0 Å². The first kappa shape index (κ1) is 39.6. The lowest BCUT2D eigenvalue weighted by atomic mass is 9.51. The summed E-state index contributed by atoms with van der Waals surface area (Å²) in [7, 11) is 0. The highest BCUT2D eigenvalue weighted by Crippen LogP contribution is 2.68. The lowest BCUT2D eigenvalue weighted by molar-refractivity contribution is 0.634. The maximum Gasteiger partial charge on any atom is 0.0725 e. The zero-order valence-corrected chi connectivity index (χ0v) is 38.1. The predicted molar refractivity (Wildman–Crippen MR) is 285 cm³/mol. The van der Waals surface area contributed by atoms with Gasteiger partial charge in [0.25, 0.3) is 0 Å². The average molecular weight is 878 g/mol. The number of hydrogen-bond donors (Lipinski definition) is 0. The minimum atomic E-state index is -0.583. The van der Waals surface area contributed by atoms with Crippen LogP contribution in [-0.2, 0) is 10.8 Å². The highest BCUT2D eigenvalue weighted by Gasteiger charge is 2.59. The largest absolute Gasteiger partial charge is 0.334 e. The molecule has 2 spiro atoms. The molecule has 324 valence electrons. The van der Waals surface area contributed by atoms with E-state index in [2.05, 4.69) is 278 Å². The first-order chi connectivity index (χ1) is 34.3. The van der Waals surface area contributed by atoms with Gasteiger partial charge >= 0.3 is 0 Å². The molecule has 14 rings (SSSR count). The van der Waals surface area contributed by atoms with Gasteiger partial charge in [0.1, 0.15) is 0 Å². The van der Waals surface area contributed by atoms with Crippen LogP contribution in [0.4, 0.5) is 11.4 Å². The molecule has 0 N–H and O–H groups in total. The van der Waals surface area contributed by atoms with E-state index in [-0.39, 0.29) is 12.0 Å². The van der Waals surface area contributed by atoms with Gasteiger partial charge in [0, 0.05) is 17.3 Å². The molecule has 0 bridgehead atoms. The molecule has 0 heterocycles. The second-order valence-electron chi connectivity index (χ2n) is 19.0. The van der Waals surface area contributed by atoms with Gasteiger partial charge in [-0.1, -0.05) is 249 Å². The molecular weight excluding hydrogens is 831 g/mol. The summed E-state index contributed by atoms with van der Waals surface area (Å²) in [6.45, 7) is 0. The van der Waals surface area contributed by atoms with Crippen LogP contribution in [0, 0.1) is 0 Å². The summed E-state index contributed by atoms with van der Waals surface area (Å²) in [5, 5.41) is 0. The van der Waals surface area contributed by atoms with E-state index in [1.165, 1.54) is 94.6 Å². The van der Waals surface area contributed by atoms with Crippen LogP contribution in [0.3, 0.4) is 0 Å². The average Bonchev–Trinajstić information content (AvgIpc) is 3.89. The number of hydrogen-bond acceptors (Lipinski definition) is 1. The molecule has 10 aromatic carbocycles. The molecule has 2 unspecified atom stereocenters. The zero-order valence-electron chi connectivity index (χ0n) is 38.1. The number of allylic oxidation sites excluding steroid dienone is 2. The van der Waals surface area contributed by atoms with Gasteiger partial charge < -0.3 is 4.90 Å². The van der Waals surface area contributed by atoms with Gasteiger partial charge in [0.2, 0.25) is 0 Å². The second-order valence-corrected chi connectivity index (χ2v) is 19.0. The topological polar surface area (TPSA) is 3.24 Å². The van der Waals surface area contributed by atoms with Gasteiger partial charge in [-0.2, -0.15) is 0 Å². The third-order valence-electron chi connectivity index (χ3n) is 15.8. The quantitative estimate of drug-likeness (QED) is 0.161. The van der Waals surface area contributed by atoms with E-state index in [9.17, 15) is 0 Å². The van der Waals surface area contributed by atoms with Crippen LogP contribution in [0.25, 0.3) is 44.5 Å². The molecule has 0 saturated carbocycles. The summed E-state index contributed by atoms with van der Waals surface area (Å²) in [5.41, 5.74) is 23.4. The fourth-order valence-electron chi connectivity index (χ4n) is 13.1. The van der Waals surface area contributed by atoms with Crippen LogP contribution in [0.1, 0.15) is 56.0 Å². The molecule has 0 aromatic heterocycles. The first-order valence-electron chi connectivity index (χ1n) is 24.3. The maximum absolute atomic E-state index is 2.54. The van der Waals surface area contributed by atoms with Crippen molar-refractivity contribution in [2.24, 2.45) is 0 Å². The number of rotatable bonds is 6. The van der Waals surface area contributed by atoms with Gasteiger partial charge in [-0.3, -0.25) is 0 Å². The van der Waals surface area contributed by atoms with E-state index >= 15 is 0 Å². The fourth-order valence-corrected chi connectivity index (χ4v) is 13.1. The number of anilines is 2. The van der Waals surface area contributed by atoms with Crippen LogP contribution in [0.5, 0.6) is 0 Å². The molecule has 4 aliphatic rings. The lowest BCUT2D eigenvalue weighted by Crippen LogP contribution is -2.44. The van der Waals surface area contributed by atoms with E-state index in [0.29, 0.717) is 0 Å². The van der Waals surface area contributed by atoms with Crippen molar-refractivity contribution in [3.05, 3.63) is 323 Å². The monoisotopic (exact) mass is 877 g/mol. The minimum Gasteiger partial charge on any atom is -0.334 e. The first-order valence-corrected chi connectivity index (χ1v) is 24.3. The Morgan fingerprint density at radius 3 is 1.22 bits per heavy atom. The van der Waals surface area contributed by atoms with Crippen LogP contribution in [0.15, 0.2) is 273 Å². The van der Waals surface area contributed by atoms with Crippen molar-refractivity contribution >= 4 is 11.4 Å². The maximum atomic E-state index is 2.54. The molecule has 0 aliphatic heterocycles. The number of nitrogens with zero attached hydrogens (tertiary/aromatic N) is 1. The zero-order chi connectivity index (χ0) is 45.5. The number of benzene rings is 10. The Kier molecular flexibility index (Phi) is 8.91. The second kappa shape index (κ2) is 15.5. The van der Waals surface area contributed by atoms with Crippen molar-refractivity contribution in [1.29, 1.82) is 0 Å². The molecule has 0 radical (unpaired) electrons. The minimum absolute atomic E-state index is 0.0453. The molecule has 0 amide bonds. The van der Waals surface area contributed by atoms with Gasteiger partial charge in [-0.15, -0.1) is 0 Å². The Morgan fingerprint density at radius 1 is 0.275 bits per heavy atom. The van der Waals surface area contributed by atoms with Gasteiger partial charge in [-0.05, 0) is 119 Å². The molecule has 0 saturated heterocycles. The van der Waals surface area contributed by atoms with Crippen molar-refractivity contribution in [1.82, 2.24) is 0 Å². The van der Waals surface area contributed by atoms with Crippen LogP contribution >= 0.6 is 0 Å². The predicted octanol–water partition coefficient (Wildman–Crippen LogP) is 16.5. The Hall–Kier alpha value is -8.52. The van der Waals surface area contributed by atoms with Gasteiger partial charge in [0.15, 0.2) is 0 Å². The Bertz CT molecular complexity index is 3580. The normalized spacial score (nSPS) is 16.8. The summed E-state index contributed by atoms with van der Waals surface area (Å²) in [4.78, 5) is 2.54. The molecule has 10 aromatic rings. The van der Waals surface area contributed by atoms with Crippen molar-refractivity contribution in [3.63, 3.8) is 0 Å². The molecular formula is C68H47N. The molecule has 1 nitrogen and oxygen atoms in total. The highest BCUT2D eigenvalue weighted by molar-refractivity contribution is 5.96. The summed E-state index contributed by atoms with van der Waals surface area (Å²) in [6, 6.07) is 93.6. The van der Waals surface area contributed by atoms with Crippen LogP contribution < -0.4 is 4.90 Å². The third-order valence-corrected chi connectivity index (χ3v) is 15.8. The summed E-state index contributed by atoms with van der Waals surface area (Å²) in [5.74, 6) is 0.154. The Balaban J connectivity index is 1.01. The third kappa shape index (κ3) is 5.59. The SMILES string of the molecule is C1=CC(c2ccccc2)C(N(c2ccc(-c3ccccc3)cc2)c2ccc(-c3cccc4c3C3(c5ccccc5-c5ccccc53)c3ccccc3C43c4ccccc4-c4ccccc43)cc2)C=C1. The molecule has 2 atom stereocenters. The van der Waals surface area contributed by atoms with Crippen LogP contribution in [-0.4, -0.2) is 6.04 Å². The fraction of sp³-hybridized carbons (Fsp3) is 0.0588. The standard InChI is InChI=1S/C68H47N/c1-3-20-46(21-4-1)47-38-42-50(43-39-47)69(65-37-18-11-24-52(65)48-22-5-2-6-23-48)51-44-40-49(41-45-51)53-29-19-36-64-66(53)68(60-32-14-9-27-56(60)57-28-10-15-33-61(57)68)63-35-17-16-34-62(63)67(64)58-30-12-7-25-54(58)55-26-8-13-31-59(55)67/h1-45,52,65H. The molecule has 4 aliphatic carbocycles. The Morgan fingerprint density at radius 2 is 0.667 bits per heavy atom. The van der Waals surface area contributed by atoms with Crippen molar-refractivity contribution in [2.75, 3.05) is 4.90 Å². The molecule has 0 fully saturated rings. The van der Waals surface area contributed by atoms with E-state index < -0.39 is 10.8 Å². The smallest absolute Gasteiger partial charge is 0.0725 e. The highest BCUT2D eigenvalue weighted by atomic mass is 15.2. The van der Waals surface area contributed by atoms with Crippen molar-refractivity contribution in [3.8, 4) is 44.5 Å². The lowest BCUT2D eigenvalue weighted by Gasteiger charge is -2.49. The number of fused-ring (bicyclic) bond motifs is 16. The molecule has 69 heavy (non-hydrogen) atoms. The van der Waals surface area contributed by atoms with E-state index in [1.54, 1.807) is 0 Å².